The first-order valence-electron chi connectivity index (χ1n) is 13.1. The molecule has 0 saturated carbocycles. The van der Waals surface area contributed by atoms with Crippen LogP contribution in [0.25, 0.3) is 23.3 Å². The Morgan fingerprint density at radius 1 is 0.526 bits per heavy atom. The van der Waals surface area contributed by atoms with Crippen molar-refractivity contribution in [3.05, 3.63) is 152 Å². The van der Waals surface area contributed by atoms with Crippen LogP contribution in [0.5, 0.6) is 11.5 Å². The summed E-state index contributed by atoms with van der Waals surface area (Å²) in [4.78, 5) is 0. The molecule has 2 heteroatoms. The van der Waals surface area contributed by atoms with Gasteiger partial charge in [-0.1, -0.05) is 115 Å². The van der Waals surface area contributed by atoms with E-state index in [4.69, 9.17) is 4.74 Å². The zero-order chi connectivity index (χ0) is 25.6. The molecule has 0 N–H and O–H groups in total. The summed E-state index contributed by atoms with van der Waals surface area (Å²) in [5.41, 5.74) is 12.0. The zero-order valence-corrected chi connectivity index (χ0v) is 22.8. The molecule has 1 aliphatic heterocycles. The van der Waals surface area contributed by atoms with Crippen LogP contribution in [0.1, 0.15) is 58.4 Å². The molecule has 0 radical (unpaired) electrons. The van der Waals surface area contributed by atoms with E-state index in [1.165, 1.54) is 55.6 Å². The predicted octanol–water partition coefficient (Wildman–Crippen LogP) is 9.73. The average Bonchev–Trinajstić information content (AvgIpc) is 3.06. The Morgan fingerprint density at radius 2 is 1.21 bits per heavy atom. The maximum atomic E-state index is 6.79. The van der Waals surface area contributed by atoms with Crippen molar-refractivity contribution in [2.75, 3.05) is 0 Å². The molecule has 1 heterocycles. The maximum Gasteiger partial charge on any atom is 0.132 e. The van der Waals surface area contributed by atoms with Crippen molar-refractivity contribution in [3.8, 4) is 22.6 Å². The molecule has 5 aromatic rings. The van der Waals surface area contributed by atoms with Crippen LogP contribution in [0.2, 0.25) is 0 Å². The molecule has 0 amide bonds. The highest BCUT2D eigenvalue weighted by molar-refractivity contribution is 9.10. The largest absolute Gasteiger partial charge is 0.457 e. The number of rotatable bonds is 0. The van der Waals surface area contributed by atoms with Crippen LogP contribution < -0.4 is 4.74 Å². The third kappa shape index (κ3) is 2.71. The Morgan fingerprint density at radius 3 is 2.08 bits per heavy atom. The Kier molecular flexibility index (Phi) is 4.42. The molecule has 0 saturated heterocycles. The smallest absolute Gasteiger partial charge is 0.132 e. The van der Waals surface area contributed by atoms with Gasteiger partial charge in [-0.05, 0) is 74.8 Å². The quantitative estimate of drug-likeness (QED) is 0.182. The molecule has 3 aliphatic rings. The summed E-state index contributed by atoms with van der Waals surface area (Å²) in [7, 11) is 0. The highest BCUT2D eigenvalue weighted by Gasteiger charge is 2.49. The van der Waals surface area contributed by atoms with Gasteiger partial charge in [-0.2, -0.15) is 0 Å². The number of fused-ring (bicyclic) bond motifs is 11. The Hall–Kier alpha value is -3.88. The molecule has 2 aliphatic carbocycles. The van der Waals surface area contributed by atoms with E-state index in [0.717, 1.165) is 16.0 Å². The summed E-state index contributed by atoms with van der Waals surface area (Å²) in [6, 6.07) is 37.7. The topological polar surface area (TPSA) is 9.23 Å². The minimum absolute atomic E-state index is 0.0971. The minimum Gasteiger partial charge on any atom is -0.457 e. The van der Waals surface area contributed by atoms with E-state index in [2.05, 4.69) is 145 Å². The minimum atomic E-state index is -0.531. The third-order valence-electron chi connectivity index (χ3n) is 8.82. The monoisotopic (exact) mass is 552 g/mol. The Balaban J connectivity index is 1.57. The summed E-state index contributed by atoms with van der Waals surface area (Å²) < 4.78 is 7.86. The lowest BCUT2D eigenvalue weighted by Crippen LogP contribution is -2.35. The molecule has 38 heavy (non-hydrogen) atoms. The van der Waals surface area contributed by atoms with Gasteiger partial charge in [0.2, 0.25) is 0 Å². The van der Waals surface area contributed by atoms with Crippen molar-refractivity contribution in [2.45, 2.75) is 24.7 Å². The van der Waals surface area contributed by atoms with Crippen molar-refractivity contribution >= 4 is 28.1 Å². The van der Waals surface area contributed by atoms with E-state index in [0.29, 0.717) is 0 Å². The molecule has 182 valence electrons. The number of halogens is 1. The van der Waals surface area contributed by atoms with Crippen molar-refractivity contribution in [1.29, 1.82) is 0 Å². The van der Waals surface area contributed by atoms with Gasteiger partial charge in [-0.15, -0.1) is 0 Å². The van der Waals surface area contributed by atoms with Crippen molar-refractivity contribution in [3.63, 3.8) is 0 Å². The van der Waals surface area contributed by atoms with Crippen molar-refractivity contribution < 1.29 is 4.74 Å². The van der Waals surface area contributed by atoms with Gasteiger partial charge in [0.25, 0.3) is 0 Å². The third-order valence-corrected chi connectivity index (χ3v) is 9.32. The zero-order valence-electron chi connectivity index (χ0n) is 21.3. The normalized spacial score (nSPS) is 18.8. The molecule has 0 fully saturated rings. The van der Waals surface area contributed by atoms with Crippen LogP contribution in [0, 0.1) is 0 Å². The number of hydrogen-bond donors (Lipinski definition) is 0. The summed E-state index contributed by atoms with van der Waals surface area (Å²) >= 11 is 3.74. The van der Waals surface area contributed by atoms with E-state index in [-0.39, 0.29) is 5.41 Å². The first-order chi connectivity index (χ1) is 18.5. The first-order valence-corrected chi connectivity index (χ1v) is 13.9. The average molecular weight is 553 g/mol. The molecule has 0 bridgehead atoms. The van der Waals surface area contributed by atoms with Crippen LogP contribution >= 0.6 is 15.9 Å². The summed E-state index contributed by atoms with van der Waals surface area (Å²) in [5.74, 6) is 1.85. The van der Waals surface area contributed by atoms with Crippen LogP contribution in [0.15, 0.2) is 108 Å². The summed E-state index contributed by atoms with van der Waals surface area (Å²) in [6.45, 7) is 4.66. The maximum absolute atomic E-state index is 6.79. The fourth-order valence-corrected chi connectivity index (χ4v) is 7.51. The number of ether oxygens (including phenoxy) is 1. The van der Waals surface area contributed by atoms with E-state index in [1.54, 1.807) is 0 Å². The van der Waals surface area contributed by atoms with E-state index in [9.17, 15) is 0 Å². The summed E-state index contributed by atoms with van der Waals surface area (Å²) in [5, 5.41) is 0. The molecular formula is C36H25BrO. The second kappa shape index (κ2) is 7.58. The predicted molar refractivity (Wildman–Crippen MR) is 159 cm³/mol. The fourth-order valence-electron chi connectivity index (χ4n) is 7.14. The van der Waals surface area contributed by atoms with E-state index in [1.807, 2.05) is 0 Å². The van der Waals surface area contributed by atoms with Gasteiger partial charge in [0.1, 0.15) is 11.5 Å². The van der Waals surface area contributed by atoms with Gasteiger partial charge >= 0.3 is 0 Å². The second-order valence-electron chi connectivity index (χ2n) is 11.1. The molecule has 5 aromatic carbocycles. The van der Waals surface area contributed by atoms with Gasteiger partial charge in [-0.25, -0.2) is 0 Å². The fraction of sp³-hybridized carbons (Fsp3) is 0.111. The lowest BCUT2D eigenvalue weighted by atomic mass is 9.62. The Bertz CT molecular complexity index is 1840. The van der Waals surface area contributed by atoms with Gasteiger partial charge in [0.05, 0.1) is 5.41 Å². The van der Waals surface area contributed by atoms with Gasteiger partial charge in [0, 0.05) is 21.0 Å². The van der Waals surface area contributed by atoms with Crippen LogP contribution in [-0.4, -0.2) is 0 Å². The van der Waals surface area contributed by atoms with E-state index < -0.39 is 5.41 Å². The molecule has 1 nitrogen and oxygen atoms in total. The summed E-state index contributed by atoms with van der Waals surface area (Å²) in [6.07, 6.45) is 4.52. The number of para-hydroxylation sites is 1. The van der Waals surface area contributed by atoms with Crippen LogP contribution in [-0.2, 0) is 10.8 Å². The van der Waals surface area contributed by atoms with Crippen LogP contribution in [0.4, 0.5) is 0 Å². The molecule has 1 spiro atoms. The standard InChI is InChI=1S/C36H25BrO/c1-35(2)29-12-6-4-10-25(29)26-20-32-34(21-31(26)35)38-33-14-8-7-13-30(33)36(32)27-11-5-3-9-22(27)15-16-23-19-24(37)17-18-28(23)36/h3-21H,1-2H3. The van der Waals surface area contributed by atoms with Crippen molar-refractivity contribution in [1.82, 2.24) is 0 Å². The van der Waals surface area contributed by atoms with Gasteiger partial charge in [0.15, 0.2) is 0 Å². The first kappa shape index (κ1) is 22.1. The van der Waals surface area contributed by atoms with Crippen LogP contribution in [0.3, 0.4) is 0 Å². The van der Waals surface area contributed by atoms with Gasteiger partial charge in [-0.3, -0.25) is 0 Å². The second-order valence-corrected chi connectivity index (χ2v) is 12.0. The lowest BCUT2D eigenvalue weighted by Gasteiger charge is -2.43. The molecule has 8 rings (SSSR count). The van der Waals surface area contributed by atoms with E-state index >= 15 is 0 Å². The highest BCUT2D eigenvalue weighted by atomic mass is 79.9. The SMILES string of the molecule is CC1(C)c2ccccc2-c2cc3c(cc21)Oc1ccccc1C31c2ccccc2C=Cc2cc(Br)ccc21. The van der Waals surface area contributed by atoms with Gasteiger partial charge < -0.3 is 4.74 Å². The Labute approximate surface area is 231 Å². The molecule has 0 aromatic heterocycles. The molecule has 1 unspecified atom stereocenters. The van der Waals surface area contributed by atoms with Crippen molar-refractivity contribution in [2.24, 2.45) is 0 Å². The number of hydrogen-bond acceptors (Lipinski definition) is 1. The molecular weight excluding hydrogens is 528 g/mol. The highest BCUT2D eigenvalue weighted by Crippen LogP contribution is 2.60. The lowest BCUT2D eigenvalue weighted by molar-refractivity contribution is 0.433. The number of benzene rings is 5. The molecule has 1 atom stereocenters.